The van der Waals surface area contributed by atoms with Crippen LogP contribution in [0.15, 0.2) is 28.3 Å². The standard InChI is InChI=1S/C13H14ClN3O2S/c1-10(18)19-13(4-2-3-11(14)7-13)8-17-5-6-20-12(17)16-9-15/h2-4H,5-8H2,1H3. The van der Waals surface area contributed by atoms with Crippen molar-refractivity contribution in [1.29, 1.82) is 5.26 Å². The highest BCUT2D eigenvalue weighted by molar-refractivity contribution is 8.14. The number of amidine groups is 1. The summed E-state index contributed by atoms with van der Waals surface area (Å²) in [5.74, 6) is 0.510. The summed E-state index contributed by atoms with van der Waals surface area (Å²) in [4.78, 5) is 17.1. The lowest BCUT2D eigenvalue weighted by Gasteiger charge is -2.35. The summed E-state index contributed by atoms with van der Waals surface area (Å²) in [5.41, 5.74) is -0.793. The number of carbonyl (C=O) groups is 1. The van der Waals surface area contributed by atoms with Crippen LogP contribution in [0.5, 0.6) is 0 Å². The van der Waals surface area contributed by atoms with Crippen molar-refractivity contribution in [1.82, 2.24) is 4.90 Å². The van der Waals surface area contributed by atoms with Gasteiger partial charge in [-0.15, -0.1) is 4.99 Å². The molecule has 1 aliphatic heterocycles. The largest absolute Gasteiger partial charge is 0.453 e. The molecule has 2 aliphatic rings. The van der Waals surface area contributed by atoms with Crippen LogP contribution in [0.4, 0.5) is 0 Å². The molecule has 1 heterocycles. The normalized spacial score (nSPS) is 27.4. The summed E-state index contributed by atoms with van der Waals surface area (Å²) in [5, 5.41) is 10.00. The van der Waals surface area contributed by atoms with Gasteiger partial charge in [0.05, 0.1) is 6.54 Å². The molecule has 1 aliphatic carbocycles. The zero-order valence-corrected chi connectivity index (χ0v) is 12.6. The van der Waals surface area contributed by atoms with Crippen molar-refractivity contribution in [2.75, 3.05) is 18.8 Å². The fourth-order valence-corrected chi connectivity index (χ4v) is 3.52. The van der Waals surface area contributed by atoms with Crippen LogP contribution in [-0.4, -0.2) is 40.5 Å². The number of halogens is 1. The predicted octanol–water partition coefficient (Wildman–Crippen LogP) is 2.26. The van der Waals surface area contributed by atoms with E-state index >= 15 is 0 Å². The van der Waals surface area contributed by atoms with Crippen LogP contribution in [0.25, 0.3) is 0 Å². The van der Waals surface area contributed by atoms with Gasteiger partial charge in [-0.25, -0.2) is 0 Å². The van der Waals surface area contributed by atoms with Gasteiger partial charge in [-0.2, -0.15) is 5.26 Å². The van der Waals surface area contributed by atoms with Gasteiger partial charge in [-0.3, -0.25) is 4.79 Å². The first-order valence-electron chi connectivity index (χ1n) is 6.13. The van der Waals surface area contributed by atoms with Crippen LogP contribution in [0, 0.1) is 11.5 Å². The molecule has 0 N–H and O–H groups in total. The van der Waals surface area contributed by atoms with Crippen LogP contribution < -0.4 is 0 Å². The number of carbonyl (C=O) groups excluding carboxylic acids is 1. The van der Waals surface area contributed by atoms with Gasteiger partial charge >= 0.3 is 5.97 Å². The second-order valence-corrected chi connectivity index (χ2v) is 6.12. The first-order valence-corrected chi connectivity index (χ1v) is 7.49. The molecule has 0 aromatic carbocycles. The van der Waals surface area contributed by atoms with Gasteiger partial charge in [0.25, 0.3) is 0 Å². The van der Waals surface area contributed by atoms with E-state index in [1.54, 1.807) is 18.3 Å². The molecule has 106 valence electrons. The average Bonchev–Trinajstić information content (AvgIpc) is 2.75. The molecule has 1 unspecified atom stereocenters. The monoisotopic (exact) mass is 311 g/mol. The third-order valence-electron chi connectivity index (χ3n) is 2.96. The van der Waals surface area contributed by atoms with Crippen LogP contribution in [0.3, 0.4) is 0 Å². The summed E-state index contributed by atoms with van der Waals surface area (Å²) in [6.07, 6.45) is 7.65. The molecule has 1 saturated heterocycles. The van der Waals surface area contributed by atoms with E-state index in [2.05, 4.69) is 4.99 Å². The van der Waals surface area contributed by atoms with Crippen molar-refractivity contribution in [3.05, 3.63) is 23.3 Å². The SMILES string of the molecule is CC(=O)OC1(CN2CCSC2=NC#N)C=CC=C(Cl)C1. The van der Waals surface area contributed by atoms with E-state index in [0.29, 0.717) is 23.2 Å². The molecule has 2 rings (SSSR count). The van der Waals surface area contributed by atoms with Crippen LogP contribution >= 0.6 is 23.4 Å². The molecule has 0 amide bonds. The Labute approximate surface area is 126 Å². The summed E-state index contributed by atoms with van der Waals surface area (Å²) in [6.45, 7) is 2.59. The molecule has 0 bridgehead atoms. The van der Waals surface area contributed by atoms with Crippen molar-refractivity contribution >= 4 is 34.5 Å². The molecule has 20 heavy (non-hydrogen) atoms. The maximum Gasteiger partial charge on any atom is 0.303 e. The summed E-state index contributed by atoms with van der Waals surface area (Å²) in [6, 6.07) is 0. The number of hydrogen-bond acceptors (Lipinski definition) is 5. The average molecular weight is 312 g/mol. The summed E-state index contributed by atoms with van der Waals surface area (Å²) in [7, 11) is 0. The number of thioether (sulfide) groups is 1. The Morgan fingerprint density at radius 2 is 2.55 bits per heavy atom. The fraction of sp³-hybridized carbons (Fsp3) is 0.462. The summed E-state index contributed by atoms with van der Waals surface area (Å²) < 4.78 is 5.50. The molecule has 5 nitrogen and oxygen atoms in total. The van der Waals surface area contributed by atoms with E-state index < -0.39 is 5.60 Å². The Balaban J connectivity index is 2.19. The second kappa shape index (κ2) is 6.33. The van der Waals surface area contributed by atoms with E-state index in [1.807, 2.05) is 11.0 Å². The van der Waals surface area contributed by atoms with Gasteiger partial charge in [0.1, 0.15) is 0 Å². The topological polar surface area (TPSA) is 65.7 Å². The van der Waals surface area contributed by atoms with Crippen LogP contribution in [-0.2, 0) is 9.53 Å². The molecular formula is C13H14ClN3O2S. The maximum atomic E-state index is 11.4. The van der Waals surface area contributed by atoms with Gasteiger partial charge in [0, 0.05) is 30.7 Å². The van der Waals surface area contributed by atoms with Crippen molar-refractivity contribution < 1.29 is 9.53 Å². The molecule has 1 atom stereocenters. The zero-order chi connectivity index (χ0) is 14.6. The van der Waals surface area contributed by atoms with E-state index in [1.165, 1.54) is 18.7 Å². The predicted molar refractivity (Wildman–Crippen MR) is 79.3 cm³/mol. The highest BCUT2D eigenvalue weighted by Gasteiger charge is 2.37. The minimum atomic E-state index is -0.793. The number of ether oxygens (including phenoxy) is 1. The molecular weight excluding hydrogens is 298 g/mol. The summed E-state index contributed by atoms with van der Waals surface area (Å²) >= 11 is 7.60. The lowest BCUT2D eigenvalue weighted by Crippen LogP contribution is -2.46. The maximum absolute atomic E-state index is 11.4. The minimum absolute atomic E-state index is 0.355. The van der Waals surface area contributed by atoms with Gasteiger partial charge in [0.15, 0.2) is 10.8 Å². The van der Waals surface area contributed by atoms with Gasteiger partial charge in [-0.1, -0.05) is 29.4 Å². The molecule has 7 heteroatoms. The molecule has 0 aromatic heterocycles. The Morgan fingerprint density at radius 1 is 1.75 bits per heavy atom. The van der Waals surface area contributed by atoms with Gasteiger partial charge in [-0.05, 0) is 12.2 Å². The Hall–Kier alpha value is -1.45. The highest BCUT2D eigenvalue weighted by Crippen LogP contribution is 2.32. The zero-order valence-electron chi connectivity index (χ0n) is 11.0. The number of allylic oxidation sites excluding steroid dienone is 2. The van der Waals surface area contributed by atoms with Crippen molar-refractivity contribution in [3.63, 3.8) is 0 Å². The number of hydrogen-bond donors (Lipinski definition) is 0. The van der Waals surface area contributed by atoms with E-state index in [-0.39, 0.29) is 5.97 Å². The lowest BCUT2D eigenvalue weighted by atomic mass is 9.94. The fourth-order valence-electron chi connectivity index (χ4n) is 2.28. The first kappa shape index (κ1) is 14.9. The molecule has 0 spiro atoms. The third kappa shape index (κ3) is 3.56. The quantitative estimate of drug-likeness (QED) is 0.591. The first-order chi connectivity index (χ1) is 9.54. The second-order valence-electron chi connectivity index (χ2n) is 4.57. The number of rotatable bonds is 3. The Bertz CT molecular complexity index is 534. The van der Waals surface area contributed by atoms with Crippen LogP contribution in [0.2, 0.25) is 0 Å². The highest BCUT2D eigenvalue weighted by atomic mass is 35.5. The molecule has 0 radical (unpaired) electrons. The van der Waals surface area contributed by atoms with Gasteiger partial charge in [0.2, 0.25) is 6.19 Å². The molecule has 0 aromatic rings. The molecule has 1 fully saturated rings. The number of esters is 1. The van der Waals surface area contributed by atoms with Crippen molar-refractivity contribution in [2.24, 2.45) is 4.99 Å². The number of aliphatic imine (C=N–C) groups is 1. The Morgan fingerprint density at radius 3 is 3.20 bits per heavy atom. The smallest absolute Gasteiger partial charge is 0.303 e. The van der Waals surface area contributed by atoms with Crippen molar-refractivity contribution in [2.45, 2.75) is 18.9 Å². The van der Waals surface area contributed by atoms with Gasteiger partial charge < -0.3 is 9.64 Å². The van der Waals surface area contributed by atoms with E-state index in [0.717, 1.165) is 12.3 Å². The minimum Gasteiger partial charge on any atom is -0.453 e. The third-order valence-corrected chi connectivity index (χ3v) is 4.21. The lowest BCUT2D eigenvalue weighted by molar-refractivity contribution is -0.153. The van der Waals surface area contributed by atoms with E-state index in [9.17, 15) is 4.79 Å². The molecule has 0 saturated carbocycles. The van der Waals surface area contributed by atoms with E-state index in [4.69, 9.17) is 21.6 Å². The Kier molecular flexibility index (Phi) is 4.73. The number of nitriles is 1. The van der Waals surface area contributed by atoms with Crippen molar-refractivity contribution in [3.8, 4) is 6.19 Å². The van der Waals surface area contributed by atoms with Crippen LogP contribution in [0.1, 0.15) is 13.3 Å². The number of nitrogens with zero attached hydrogens (tertiary/aromatic N) is 3.